The molecule has 1 saturated heterocycles. The van der Waals surface area contributed by atoms with Gasteiger partial charge in [-0.2, -0.15) is 0 Å². The summed E-state index contributed by atoms with van der Waals surface area (Å²) in [7, 11) is 1.80. The highest BCUT2D eigenvalue weighted by Gasteiger charge is 2.22. The van der Waals surface area contributed by atoms with E-state index in [0.29, 0.717) is 5.92 Å². The Bertz CT molecular complexity index is 767. The second-order valence-corrected chi connectivity index (χ2v) is 8.31. The van der Waals surface area contributed by atoms with Crippen LogP contribution in [0, 0.1) is 5.92 Å². The fourth-order valence-corrected chi connectivity index (χ4v) is 4.03. The number of ether oxygens (including phenoxy) is 1. The first kappa shape index (κ1) is 21.5. The number of methoxy groups -OCH3 is 1. The van der Waals surface area contributed by atoms with Crippen LogP contribution in [-0.2, 0) is 9.53 Å². The third kappa shape index (κ3) is 6.15. The summed E-state index contributed by atoms with van der Waals surface area (Å²) < 4.78 is 5.72. The van der Waals surface area contributed by atoms with Crippen molar-refractivity contribution in [1.82, 2.24) is 4.90 Å². The molecule has 4 heteroatoms. The van der Waals surface area contributed by atoms with Crippen LogP contribution < -0.4 is 5.32 Å². The number of benzene rings is 2. The van der Waals surface area contributed by atoms with Crippen molar-refractivity contribution >= 4 is 11.6 Å². The van der Waals surface area contributed by atoms with Crippen molar-refractivity contribution < 1.29 is 9.53 Å². The van der Waals surface area contributed by atoms with Gasteiger partial charge in [0.1, 0.15) is 0 Å². The summed E-state index contributed by atoms with van der Waals surface area (Å²) in [6, 6.07) is 18.9. The first-order chi connectivity index (χ1) is 14.1. The lowest BCUT2D eigenvalue weighted by Crippen LogP contribution is -2.34. The molecule has 1 aliphatic rings. The molecule has 4 nitrogen and oxygen atoms in total. The van der Waals surface area contributed by atoms with Crippen LogP contribution in [-0.4, -0.2) is 37.6 Å². The van der Waals surface area contributed by atoms with Crippen LogP contribution in [0.25, 0.3) is 0 Å². The van der Waals surface area contributed by atoms with Crippen molar-refractivity contribution in [2.45, 2.75) is 45.1 Å². The van der Waals surface area contributed by atoms with Crippen LogP contribution in [0.1, 0.15) is 56.3 Å². The minimum atomic E-state index is -0.00583. The number of nitrogens with one attached hydrogen (secondary N) is 1. The fraction of sp³-hybridized carbons (Fsp3) is 0.480. The topological polar surface area (TPSA) is 41.6 Å². The van der Waals surface area contributed by atoms with Crippen LogP contribution in [0.15, 0.2) is 54.6 Å². The van der Waals surface area contributed by atoms with Crippen molar-refractivity contribution in [1.29, 1.82) is 0 Å². The van der Waals surface area contributed by atoms with E-state index in [4.69, 9.17) is 4.74 Å². The molecule has 0 bridgehead atoms. The highest BCUT2D eigenvalue weighted by atomic mass is 16.5. The van der Waals surface area contributed by atoms with Gasteiger partial charge in [0.25, 0.3) is 0 Å². The monoisotopic (exact) mass is 394 g/mol. The number of likely N-dealkylation sites (tertiary alicyclic amines) is 1. The third-order valence-electron chi connectivity index (χ3n) is 5.90. The molecule has 0 aliphatic carbocycles. The minimum Gasteiger partial charge on any atom is -0.377 e. The summed E-state index contributed by atoms with van der Waals surface area (Å²) in [6.45, 7) is 7.11. The smallest absolute Gasteiger partial charge is 0.226 e. The van der Waals surface area contributed by atoms with E-state index in [9.17, 15) is 4.79 Å². The van der Waals surface area contributed by atoms with Crippen LogP contribution in [0.4, 0.5) is 5.69 Å². The number of anilines is 1. The van der Waals surface area contributed by atoms with Crippen molar-refractivity contribution in [3.63, 3.8) is 0 Å². The number of carbonyl (C=O) groups is 1. The van der Waals surface area contributed by atoms with Gasteiger partial charge in [-0.25, -0.2) is 0 Å². The van der Waals surface area contributed by atoms with Gasteiger partial charge in [-0.15, -0.1) is 0 Å². The maximum Gasteiger partial charge on any atom is 0.226 e. The summed E-state index contributed by atoms with van der Waals surface area (Å²) in [4.78, 5) is 14.5. The molecule has 0 spiro atoms. The Morgan fingerprint density at radius 1 is 1.10 bits per heavy atom. The van der Waals surface area contributed by atoms with Crippen LogP contribution >= 0.6 is 0 Å². The van der Waals surface area contributed by atoms with Gasteiger partial charge >= 0.3 is 0 Å². The molecule has 1 unspecified atom stereocenters. The van der Waals surface area contributed by atoms with Crippen LogP contribution in [0.5, 0.6) is 0 Å². The van der Waals surface area contributed by atoms with Gasteiger partial charge in [0.15, 0.2) is 0 Å². The maximum atomic E-state index is 12.0. The standard InChI is InChI=1S/C25H34N2O2/c1-19(2)25(28)26-23-11-7-10-22(18-23)20-12-15-27(16-13-20)17-14-24(29-3)21-8-5-4-6-9-21/h4-11,18-20,24H,12-17H2,1-3H3,(H,26,28). The fourth-order valence-electron chi connectivity index (χ4n) is 4.03. The minimum absolute atomic E-state index is 0.00583. The molecule has 1 aliphatic heterocycles. The molecule has 2 aromatic rings. The summed E-state index contributed by atoms with van der Waals surface area (Å²) >= 11 is 0. The number of nitrogens with zero attached hydrogens (tertiary/aromatic N) is 1. The van der Waals surface area contributed by atoms with Crippen molar-refractivity contribution in [2.24, 2.45) is 5.92 Å². The van der Waals surface area contributed by atoms with Gasteiger partial charge in [0.05, 0.1) is 6.10 Å². The Hall–Kier alpha value is -2.17. The summed E-state index contributed by atoms with van der Waals surface area (Å²) in [5, 5.41) is 3.02. The van der Waals surface area contributed by atoms with E-state index in [2.05, 4.69) is 52.7 Å². The largest absolute Gasteiger partial charge is 0.377 e. The number of amides is 1. The molecule has 1 heterocycles. The molecule has 156 valence electrons. The highest BCUT2D eigenvalue weighted by molar-refractivity contribution is 5.92. The molecule has 1 amide bonds. The van der Waals surface area contributed by atoms with E-state index >= 15 is 0 Å². The van der Waals surface area contributed by atoms with Gasteiger partial charge in [-0.05, 0) is 61.5 Å². The first-order valence-corrected chi connectivity index (χ1v) is 10.8. The number of piperidine rings is 1. The zero-order chi connectivity index (χ0) is 20.6. The SMILES string of the molecule is COC(CCN1CCC(c2cccc(NC(=O)C(C)C)c2)CC1)c1ccccc1. The lowest BCUT2D eigenvalue weighted by Gasteiger charge is -2.33. The van der Waals surface area contributed by atoms with E-state index in [1.54, 1.807) is 7.11 Å². The molecule has 1 atom stereocenters. The lowest BCUT2D eigenvalue weighted by atomic mass is 9.89. The molecular weight excluding hydrogens is 360 g/mol. The third-order valence-corrected chi connectivity index (χ3v) is 5.90. The molecule has 0 aromatic heterocycles. The predicted octanol–water partition coefficient (Wildman–Crippen LogP) is 5.24. The van der Waals surface area contributed by atoms with Gasteiger partial charge in [0, 0.05) is 25.3 Å². The van der Waals surface area contributed by atoms with E-state index in [1.807, 2.05) is 26.0 Å². The van der Waals surface area contributed by atoms with E-state index < -0.39 is 0 Å². The van der Waals surface area contributed by atoms with E-state index in [0.717, 1.165) is 44.6 Å². The zero-order valence-electron chi connectivity index (χ0n) is 17.9. The summed E-state index contributed by atoms with van der Waals surface area (Å²) in [5.74, 6) is 0.631. The van der Waals surface area contributed by atoms with Gasteiger partial charge in [-0.1, -0.05) is 56.3 Å². The molecule has 29 heavy (non-hydrogen) atoms. The second kappa shape index (κ2) is 10.6. The van der Waals surface area contributed by atoms with Gasteiger partial charge in [-0.3, -0.25) is 4.79 Å². The van der Waals surface area contributed by atoms with Crippen molar-refractivity contribution in [3.05, 3.63) is 65.7 Å². The quantitative estimate of drug-likeness (QED) is 0.666. The Labute approximate surface area is 175 Å². The number of carbonyl (C=O) groups excluding carboxylic acids is 1. The average Bonchev–Trinajstić information content (AvgIpc) is 2.75. The first-order valence-electron chi connectivity index (χ1n) is 10.8. The zero-order valence-corrected chi connectivity index (χ0v) is 17.9. The summed E-state index contributed by atoms with van der Waals surface area (Å²) in [6.07, 6.45) is 3.49. The molecule has 0 saturated carbocycles. The molecule has 2 aromatic carbocycles. The predicted molar refractivity (Wildman–Crippen MR) is 119 cm³/mol. The summed E-state index contributed by atoms with van der Waals surface area (Å²) in [5.41, 5.74) is 3.50. The molecular formula is C25H34N2O2. The molecule has 1 fully saturated rings. The van der Waals surface area contributed by atoms with E-state index in [-0.39, 0.29) is 17.9 Å². The van der Waals surface area contributed by atoms with E-state index in [1.165, 1.54) is 11.1 Å². The number of hydrogen-bond donors (Lipinski definition) is 1. The Morgan fingerprint density at radius 3 is 2.48 bits per heavy atom. The Kier molecular flexibility index (Phi) is 7.84. The molecule has 0 radical (unpaired) electrons. The van der Waals surface area contributed by atoms with Crippen molar-refractivity contribution in [3.8, 4) is 0 Å². The van der Waals surface area contributed by atoms with Crippen LogP contribution in [0.3, 0.4) is 0 Å². The molecule has 1 N–H and O–H groups in total. The second-order valence-electron chi connectivity index (χ2n) is 8.31. The Balaban J connectivity index is 1.50. The molecule has 3 rings (SSSR count). The van der Waals surface area contributed by atoms with Crippen molar-refractivity contribution in [2.75, 3.05) is 32.1 Å². The number of rotatable bonds is 8. The number of hydrogen-bond acceptors (Lipinski definition) is 3. The normalized spacial score (nSPS) is 16.7. The highest BCUT2D eigenvalue weighted by Crippen LogP contribution is 2.30. The van der Waals surface area contributed by atoms with Gasteiger partial charge in [0.2, 0.25) is 5.91 Å². The van der Waals surface area contributed by atoms with Gasteiger partial charge < -0.3 is 15.0 Å². The Morgan fingerprint density at radius 2 is 1.83 bits per heavy atom. The van der Waals surface area contributed by atoms with Crippen LogP contribution in [0.2, 0.25) is 0 Å². The average molecular weight is 395 g/mol. The lowest BCUT2D eigenvalue weighted by molar-refractivity contribution is -0.118. The maximum absolute atomic E-state index is 12.0.